The standard InChI is InChI=1S/C15H24N2O2S/c1-15(2)10-4-12-17(15)20(18,19)14-7-5-13(6-8-14)9-11-16-3/h5-8,16H,4,9-12H2,1-3H3. The van der Waals surface area contributed by atoms with E-state index in [0.717, 1.165) is 31.4 Å². The predicted molar refractivity (Wildman–Crippen MR) is 81.3 cm³/mol. The van der Waals surface area contributed by atoms with Gasteiger partial charge in [-0.25, -0.2) is 8.42 Å². The maximum atomic E-state index is 12.7. The van der Waals surface area contributed by atoms with Crippen molar-refractivity contribution in [3.8, 4) is 0 Å². The van der Waals surface area contributed by atoms with Gasteiger partial charge in [0.15, 0.2) is 0 Å². The first-order valence-corrected chi connectivity index (χ1v) is 8.58. The van der Waals surface area contributed by atoms with Crippen LogP contribution in [0.4, 0.5) is 0 Å². The van der Waals surface area contributed by atoms with Gasteiger partial charge in [0.2, 0.25) is 10.0 Å². The van der Waals surface area contributed by atoms with Crippen molar-refractivity contribution < 1.29 is 8.42 Å². The average Bonchev–Trinajstić information content (AvgIpc) is 2.77. The number of sulfonamides is 1. The average molecular weight is 296 g/mol. The topological polar surface area (TPSA) is 49.4 Å². The summed E-state index contributed by atoms with van der Waals surface area (Å²) in [5, 5.41) is 3.09. The molecule has 5 heteroatoms. The number of nitrogens with one attached hydrogen (secondary N) is 1. The Hall–Kier alpha value is -0.910. The molecular formula is C15H24N2O2S. The van der Waals surface area contributed by atoms with E-state index in [1.165, 1.54) is 0 Å². The van der Waals surface area contributed by atoms with E-state index in [1.807, 2.05) is 33.0 Å². The molecule has 0 aliphatic carbocycles. The van der Waals surface area contributed by atoms with Crippen LogP contribution in [0.3, 0.4) is 0 Å². The molecule has 1 fully saturated rings. The first kappa shape index (κ1) is 15.5. The monoisotopic (exact) mass is 296 g/mol. The van der Waals surface area contributed by atoms with Crippen molar-refractivity contribution in [2.45, 2.75) is 43.5 Å². The van der Waals surface area contributed by atoms with Crippen LogP contribution in [0.25, 0.3) is 0 Å². The Kier molecular flexibility index (Phi) is 4.52. The van der Waals surface area contributed by atoms with Gasteiger partial charge < -0.3 is 5.32 Å². The number of hydrogen-bond donors (Lipinski definition) is 1. The van der Waals surface area contributed by atoms with Gasteiger partial charge in [-0.05, 0) is 64.4 Å². The van der Waals surface area contributed by atoms with E-state index < -0.39 is 10.0 Å². The molecule has 0 spiro atoms. The van der Waals surface area contributed by atoms with Crippen LogP contribution in [0.2, 0.25) is 0 Å². The van der Waals surface area contributed by atoms with Crippen molar-refractivity contribution in [3.05, 3.63) is 29.8 Å². The first-order valence-electron chi connectivity index (χ1n) is 7.14. The lowest BCUT2D eigenvalue weighted by atomic mass is 10.0. The second kappa shape index (κ2) is 5.84. The highest BCUT2D eigenvalue weighted by Crippen LogP contribution is 2.33. The molecule has 20 heavy (non-hydrogen) atoms. The van der Waals surface area contributed by atoms with Crippen molar-refractivity contribution in [3.63, 3.8) is 0 Å². The van der Waals surface area contributed by atoms with Gasteiger partial charge in [0.05, 0.1) is 4.90 Å². The minimum absolute atomic E-state index is 0.274. The van der Waals surface area contributed by atoms with E-state index in [1.54, 1.807) is 16.4 Å². The van der Waals surface area contributed by atoms with Gasteiger partial charge in [-0.3, -0.25) is 0 Å². The molecule has 1 aromatic rings. The molecule has 0 unspecified atom stereocenters. The van der Waals surface area contributed by atoms with Crippen molar-refractivity contribution in [2.75, 3.05) is 20.1 Å². The highest BCUT2D eigenvalue weighted by molar-refractivity contribution is 7.89. The normalized spacial score (nSPS) is 19.4. The van der Waals surface area contributed by atoms with E-state index in [4.69, 9.17) is 0 Å². The second-order valence-corrected chi connectivity index (χ2v) is 7.85. The van der Waals surface area contributed by atoms with Gasteiger partial charge in [0.1, 0.15) is 0 Å². The molecule has 0 aromatic heterocycles. The van der Waals surface area contributed by atoms with Gasteiger partial charge in [0.25, 0.3) is 0 Å². The lowest BCUT2D eigenvalue weighted by molar-refractivity contribution is 0.291. The molecule has 0 radical (unpaired) electrons. The fraction of sp³-hybridized carbons (Fsp3) is 0.600. The van der Waals surface area contributed by atoms with Gasteiger partial charge in [0, 0.05) is 12.1 Å². The molecule has 2 rings (SSSR count). The smallest absolute Gasteiger partial charge is 0.243 e. The summed E-state index contributed by atoms with van der Waals surface area (Å²) in [7, 11) is -1.45. The molecule has 4 nitrogen and oxygen atoms in total. The molecule has 1 saturated heterocycles. The molecule has 1 aliphatic rings. The Morgan fingerprint density at radius 2 is 1.90 bits per heavy atom. The van der Waals surface area contributed by atoms with Crippen LogP contribution in [-0.4, -0.2) is 38.4 Å². The van der Waals surface area contributed by atoms with Crippen LogP contribution < -0.4 is 5.32 Å². The van der Waals surface area contributed by atoms with Crippen molar-refractivity contribution in [1.29, 1.82) is 0 Å². The van der Waals surface area contributed by atoms with Gasteiger partial charge in [-0.1, -0.05) is 12.1 Å². The van der Waals surface area contributed by atoms with Crippen LogP contribution in [-0.2, 0) is 16.4 Å². The van der Waals surface area contributed by atoms with Crippen LogP contribution in [0.1, 0.15) is 32.3 Å². The van der Waals surface area contributed by atoms with Gasteiger partial charge in [-0.15, -0.1) is 0 Å². The van der Waals surface area contributed by atoms with Crippen molar-refractivity contribution in [2.24, 2.45) is 0 Å². The lowest BCUT2D eigenvalue weighted by Gasteiger charge is -2.30. The third kappa shape index (κ3) is 3.05. The molecule has 0 saturated carbocycles. The molecule has 0 atom stereocenters. The number of hydrogen-bond acceptors (Lipinski definition) is 3. The van der Waals surface area contributed by atoms with E-state index in [-0.39, 0.29) is 5.54 Å². The molecule has 1 heterocycles. The summed E-state index contributed by atoms with van der Waals surface area (Å²) >= 11 is 0. The summed E-state index contributed by atoms with van der Waals surface area (Å²) in [4.78, 5) is 0.403. The molecular weight excluding hydrogens is 272 g/mol. The SMILES string of the molecule is CNCCc1ccc(S(=O)(=O)N2CCCC2(C)C)cc1. The first-order chi connectivity index (χ1) is 9.38. The van der Waals surface area contributed by atoms with E-state index in [2.05, 4.69) is 5.32 Å². The van der Waals surface area contributed by atoms with Gasteiger partial charge in [-0.2, -0.15) is 4.31 Å². The lowest BCUT2D eigenvalue weighted by Crippen LogP contribution is -2.42. The van der Waals surface area contributed by atoms with E-state index in [9.17, 15) is 8.42 Å². The molecule has 1 N–H and O–H groups in total. The molecule has 1 aromatic carbocycles. The van der Waals surface area contributed by atoms with E-state index >= 15 is 0 Å². The van der Waals surface area contributed by atoms with Crippen molar-refractivity contribution in [1.82, 2.24) is 9.62 Å². The zero-order chi connectivity index (χ0) is 14.8. The summed E-state index contributed by atoms with van der Waals surface area (Å²) in [5.41, 5.74) is 0.878. The van der Waals surface area contributed by atoms with Crippen LogP contribution >= 0.6 is 0 Å². The third-order valence-corrected chi connectivity index (χ3v) is 6.12. The maximum absolute atomic E-state index is 12.7. The quantitative estimate of drug-likeness (QED) is 0.904. The number of benzene rings is 1. The Balaban J connectivity index is 2.22. The zero-order valence-corrected chi connectivity index (χ0v) is 13.3. The maximum Gasteiger partial charge on any atom is 0.243 e. The number of nitrogens with zero attached hydrogens (tertiary/aromatic N) is 1. The molecule has 1 aliphatic heterocycles. The highest BCUT2D eigenvalue weighted by atomic mass is 32.2. The summed E-state index contributed by atoms with van der Waals surface area (Å²) in [5.74, 6) is 0. The summed E-state index contributed by atoms with van der Waals surface area (Å²) < 4.78 is 27.0. The summed E-state index contributed by atoms with van der Waals surface area (Å²) in [6.07, 6.45) is 2.77. The summed E-state index contributed by atoms with van der Waals surface area (Å²) in [6, 6.07) is 7.28. The second-order valence-electron chi connectivity index (χ2n) is 5.99. The van der Waals surface area contributed by atoms with Crippen LogP contribution in [0.5, 0.6) is 0 Å². The Morgan fingerprint density at radius 3 is 2.40 bits per heavy atom. The third-order valence-electron chi connectivity index (χ3n) is 4.00. The highest BCUT2D eigenvalue weighted by Gasteiger charge is 2.40. The Morgan fingerprint density at radius 1 is 1.25 bits per heavy atom. The fourth-order valence-electron chi connectivity index (χ4n) is 2.75. The van der Waals surface area contributed by atoms with E-state index in [0.29, 0.717) is 11.4 Å². The molecule has 112 valence electrons. The van der Waals surface area contributed by atoms with Crippen LogP contribution in [0, 0.1) is 0 Å². The number of rotatable bonds is 5. The Labute approximate surface area is 122 Å². The fourth-order valence-corrected chi connectivity index (χ4v) is 4.60. The molecule has 0 amide bonds. The predicted octanol–water partition coefficient (Wildman–Crippen LogP) is 2.01. The van der Waals surface area contributed by atoms with Crippen LogP contribution in [0.15, 0.2) is 29.2 Å². The largest absolute Gasteiger partial charge is 0.319 e. The summed E-state index contributed by atoms with van der Waals surface area (Å²) in [6.45, 7) is 5.51. The zero-order valence-electron chi connectivity index (χ0n) is 12.5. The van der Waals surface area contributed by atoms with Crippen molar-refractivity contribution >= 4 is 10.0 Å². The van der Waals surface area contributed by atoms with Gasteiger partial charge >= 0.3 is 0 Å². The minimum atomic E-state index is -3.37. The minimum Gasteiger partial charge on any atom is -0.319 e. The number of likely N-dealkylation sites (N-methyl/N-ethyl adjacent to an activating group) is 1. The molecule has 0 bridgehead atoms. The Bertz CT molecular complexity index is 550.